The summed E-state index contributed by atoms with van der Waals surface area (Å²) in [6.07, 6.45) is 19.4. The third-order valence-electron chi connectivity index (χ3n) is 6.11. The van der Waals surface area contributed by atoms with Gasteiger partial charge in [0.2, 0.25) is 0 Å². The van der Waals surface area contributed by atoms with Gasteiger partial charge < -0.3 is 0 Å². The molecule has 0 amide bonds. The Labute approximate surface area is 166 Å². The number of hydrogen-bond acceptors (Lipinski definition) is 1. The molecule has 0 N–H and O–H groups in total. The van der Waals surface area contributed by atoms with E-state index in [2.05, 4.69) is 72.9 Å². The molecule has 2 aromatic rings. The van der Waals surface area contributed by atoms with E-state index in [1.165, 1.54) is 22.3 Å². The van der Waals surface area contributed by atoms with Crippen LogP contribution in [0.15, 0.2) is 84.0 Å². The maximum absolute atomic E-state index is 13.1. The van der Waals surface area contributed by atoms with Crippen molar-refractivity contribution in [1.82, 2.24) is 0 Å². The number of fused-ring (bicyclic) bond motifs is 3. The first-order valence-corrected chi connectivity index (χ1v) is 10.3. The number of carbonyl (C=O) groups is 1. The average molecular weight is 364 g/mol. The average Bonchev–Trinajstić information content (AvgIpc) is 3.47. The van der Waals surface area contributed by atoms with E-state index >= 15 is 0 Å². The molecule has 0 saturated carbocycles. The Kier molecular flexibility index (Phi) is 4.44. The lowest BCUT2D eigenvalue weighted by atomic mass is 9.98. The van der Waals surface area contributed by atoms with Gasteiger partial charge in [0.25, 0.3) is 0 Å². The molecule has 0 heterocycles. The van der Waals surface area contributed by atoms with E-state index in [-0.39, 0.29) is 5.78 Å². The molecule has 138 valence electrons. The van der Waals surface area contributed by atoms with E-state index in [4.69, 9.17) is 0 Å². The van der Waals surface area contributed by atoms with Gasteiger partial charge >= 0.3 is 0 Å². The van der Waals surface area contributed by atoms with Gasteiger partial charge in [-0.15, -0.1) is 0 Å². The SMILES string of the molecule is O=C1c2cc(CCC3=CC=CC3)ccc2-c2ccc(CCC3=CC=CC3)cc21. The Balaban J connectivity index is 1.33. The molecule has 0 aliphatic heterocycles. The maximum Gasteiger partial charge on any atom is 0.194 e. The van der Waals surface area contributed by atoms with Gasteiger partial charge in [0.1, 0.15) is 0 Å². The molecule has 0 bridgehead atoms. The summed E-state index contributed by atoms with van der Waals surface area (Å²) < 4.78 is 0. The highest BCUT2D eigenvalue weighted by atomic mass is 16.1. The highest BCUT2D eigenvalue weighted by molar-refractivity contribution is 6.21. The Morgan fingerprint density at radius 3 is 1.54 bits per heavy atom. The predicted octanol–water partition coefficient (Wildman–Crippen LogP) is 6.54. The van der Waals surface area contributed by atoms with Crippen LogP contribution < -0.4 is 0 Å². The van der Waals surface area contributed by atoms with Crippen molar-refractivity contribution >= 4 is 5.78 Å². The second kappa shape index (κ2) is 7.24. The van der Waals surface area contributed by atoms with Crippen LogP contribution in [-0.2, 0) is 12.8 Å². The van der Waals surface area contributed by atoms with Gasteiger partial charge in [-0.2, -0.15) is 0 Å². The molecular weight excluding hydrogens is 340 g/mol. The molecule has 0 aromatic heterocycles. The Morgan fingerprint density at radius 2 is 1.11 bits per heavy atom. The zero-order valence-electron chi connectivity index (χ0n) is 16.1. The number of benzene rings is 2. The van der Waals surface area contributed by atoms with Crippen LogP contribution in [0.2, 0.25) is 0 Å². The minimum Gasteiger partial charge on any atom is -0.289 e. The van der Waals surface area contributed by atoms with Crippen molar-refractivity contribution in [3.63, 3.8) is 0 Å². The number of ketones is 1. The third-order valence-corrected chi connectivity index (χ3v) is 6.11. The summed E-state index contributed by atoms with van der Waals surface area (Å²) in [7, 11) is 0. The van der Waals surface area contributed by atoms with E-state index in [1.54, 1.807) is 0 Å². The molecule has 3 aliphatic rings. The maximum atomic E-state index is 13.1. The number of allylic oxidation sites excluding steroid dienone is 8. The highest BCUT2D eigenvalue weighted by Crippen LogP contribution is 2.38. The van der Waals surface area contributed by atoms with Gasteiger partial charge in [0.15, 0.2) is 5.78 Å². The van der Waals surface area contributed by atoms with Crippen LogP contribution in [0, 0.1) is 0 Å². The molecule has 1 heteroatoms. The molecule has 0 radical (unpaired) electrons. The zero-order valence-corrected chi connectivity index (χ0v) is 16.1. The quantitative estimate of drug-likeness (QED) is 0.485. The first-order chi connectivity index (χ1) is 13.8. The van der Waals surface area contributed by atoms with Crippen LogP contribution in [0.1, 0.15) is 52.7 Å². The first kappa shape index (κ1) is 17.2. The zero-order chi connectivity index (χ0) is 18.9. The fourth-order valence-electron chi connectivity index (χ4n) is 4.45. The van der Waals surface area contributed by atoms with Crippen LogP contribution in [-0.4, -0.2) is 5.78 Å². The van der Waals surface area contributed by atoms with Gasteiger partial charge in [0, 0.05) is 11.1 Å². The molecule has 28 heavy (non-hydrogen) atoms. The van der Waals surface area contributed by atoms with Gasteiger partial charge in [0.05, 0.1) is 0 Å². The summed E-state index contributed by atoms with van der Waals surface area (Å²) in [5, 5.41) is 0. The van der Waals surface area contributed by atoms with Gasteiger partial charge in [-0.05, 0) is 72.9 Å². The molecule has 0 fully saturated rings. The first-order valence-electron chi connectivity index (χ1n) is 10.3. The monoisotopic (exact) mass is 364 g/mol. The van der Waals surface area contributed by atoms with E-state index in [9.17, 15) is 4.79 Å². The van der Waals surface area contributed by atoms with Crippen LogP contribution in [0.5, 0.6) is 0 Å². The molecule has 0 atom stereocenters. The van der Waals surface area contributed by atoms with Crippen molar-refractivity contribution in [3.8, 4) is 11.1 Å². The summed E-state index contributed by atoms with van der Waals surface area (Å²) in [6.45, 7) is 0. The Morgan fingerprint density at radius 1 is 0.607 bits per heavy atom. The van der Waals surface area contributed by atoms with Crippen molar-refractivity contribution in [2.75, 3.05) is 0 Å². The van der Waals surface area contributed by atoms with Crippen LogP contribution in [0.25, 0.3) is 11.1 Å². The van der Waals surface area contributed by atoms with Gasteiger partial charge in [-0.25, -0.2) is 0 Å². The van der Waals surface area contributed by atoms with Crippen molar-refractivity contribution in [1.29, 1.82) is 0 Å². The Bertz CT molecular complexity index is 990. The summed E-state index contributed by atoms with van der Waals surface area (Å²) in [5.41, 5.74) is 9.43. The highest BCUT2D eigenvalue weighted by Gasteiger charge is 2.27. The van der Waals surface area contributed by atoms with Crippen molar-refractivity contribution in [2.24, 2.45) is 0 Å². The van der Waals surface area contributed by atoms with E-state index in [0.717, 1.165) is 60.8 Å². The van der Waals surface area contributed by atoms with E-state index in [0.29, 0.717) is 0 Å². The second-order valence-corrected chi connectivity index (χ2v) is 8.00. The number of rotatable bonds is 6. The van der Waals surface area contributed by atoms with Gasteiger partial charge in [-0.3, -0.25) is 4.79 Å². The summed E-state index contributed by atoms with van der Waals surface area (Å²) >= 11 is 0. The van der Waals surface area contributed by atoms with Gasteiger partial charge in [-0.1, -0.05) is 71.9 Å². The van der Waals surface area contributed by atoms with Crippen molar-refractivity contribution in [2.45, 2.75) is 38.5 Å². The fourth-order valence-corrected chi connectivity index (χ4v) is 4.45. The molecule has 2 aromatic carbocycles. The minimum atomic E-state index is 0.192. The second-order valence-electron chi connectivity index (χ2n) is 8.00. The van der Waals surface area contributed by atoms with E-state index < -0.39 is 0 Å². The van der Waals surface area contributed by atoms with Crippen molar-refractivity contribution in [3.05, 3.63) is 106 Å². The largest absolute Gasteiger partial charge is 0.289 e. The lowest BCUT2D eigenvalue weighted by Crippen LogP contribution is -1.98. The molecule has 0 spiro atoms. The van der Waals surface area contributed by atoms with E-state index in [1.807, 2.05) is 0 Å². The summed E-state index contributed by atoms with van der Waals surface area (Å²) in [5.74, 6) is 0.192. The lowest BCUT2D eigenvalue weighted by Gasteiger charge is -2.06. The van der Waals surface area contributed by atoms with Crippen LogP contribution in [0.4, 0.5) is 0 Å². The summed E-state index contributed by atoms with van der Waals surface area (Å²) in [6, 6.07) is 12.9. The normalized spacial score (nSPS) is 16.4. The minimum absolute atomic E-state index is 0.192. The predicted molar refractivity (Wildman–Crippen MR) is 116 cm³/mol. The number of carbonyl (C=O) groups excluding carboxylic acids is 1. The number of aryl methyl sites for hydroxylation is 2. The Hall–Kier alpha value is -2.93. The third kappa shape index (κ3) is 3.22. The topological polar surface area (TPSA) is 17.1 Å². The molecule has 5 rings (SSSR count). The standard InChI is InChI=1S/C27H24O/c28-27-25-17-21(11-9-19-5-1-2-6-19)13-15-23(25)24-16-14-22(18-26(24)27)12-10-20-7-3-4-8-20/h1-5,7,13-18H,6,8-12H2. The van der Waals surface area contributed by atoms with Crippen LogP contribution >= 0.6 is 0 Å². The molecule has 3 aliphatic carbocycles. The van der Waals surface area contributed by atoms with Crippen LogP contribution in [0.3, 0.4) is 0 Å². The fraction of sp³-hybridized carbons (Fsp3) is 0.222. The molecule has 0 unspecified atom stereocenters. The molecule has 1 nitrogen and oxygen atoms in total. The summed E-state index contributed by atoms with van der Waals surface area (Å²) in [4.78, 5) is 13.1. The number of hydrogen-bond donors (Lipinski definition) is 0. The lowest BCUT2D eigenvalue weighted by molar-refractivity contribution is 0.104. The smallest absolute Gasteiger partial charge is 0.194 e. The molecular formula is C27H24O. The van der Waals surface area contributed by atoms with Crippen molar-refractivity contribution < 1.29 is 4.79 Å². The molecule has 0 saturated heterocycles.